The van der Waals surface area contributed by atoms with Gasteiger partial charge in [-0.15, -0.1) is 0 Å². The highest BCUT2D eigenvalue weighted by atomic mass is 19.3. The molecular formula is C14H23F2NO3. The highest BCUT2D eigenvalue weighted by Gasteiger charge is 2.38. The lowest BCUT2D eigenvalue weighted by atomic mass is 9.82. The number of alkyl halides is 2. The van der Waals surface area contributed by atoms with Crippen LogP contribution in [0.25, 0.3) is 0 Å². The molecule has 1 aliphatic rings. The van der Waals surface area contributed by atoms with Crippen molar-refractivity contribution in [2.24, 2.45) is 11.3 Å². The maximum Gasteiger partial charge on any atom is 0.305 e. The van der Waals surface area contributed by atoms with Gasteiger partial charge >= 0.3 is 5.97 Å². The van der Waals surface area contributed by atoms with Crippen LogP contribution in [0, 0.1) is 11.3 Å². The number of amides is 1. The van der Waals surface area contributed by atoms with Gasteiger partial charge < -0.3 is 10.4 Å². The molecule has 2 N–H and O–H groups in total. The van der Waals surface area contributed by atoms with Gasteiger partial charge in [0.25, 0.3) is 0 Å². The van der Waals surface area contributed by atoms with Gasteiger partial charge in [0, 0.05) is 24.8 Å². The Labute approximate surface area is 117 Å². The molecule has 1 amide bonds. The van der Waals surface area contributed by atoms with Crippen molar-refractivity contribution in [3.05, 3.63) is 0 Å². The first-order valence-corrected chi connectivity index (χ1v) is 6.91. The maximum absolute atomic E-state index is 13.1. The molecule has 1 unspecified atom stereocenters. The molecule has 0 spiro atoms. The highest BCUT2D eigenvalue weighted by molar-refractivity contribution is 5.80. The van der Waals surface area contributed by atoms with Gasteiger partial charge in [0.2, 0.25) is 11.8 Å². The number of hydrogen-bond donors (Lipinski definition) is 2. The summed E-state index contributed by atoms with van der Waals surface area (Å²) in [6, 6.07) is -0.505. The van der Waals surface area contributed by atoms with Crippen molar-refractivity contribution in [3.63, 3.8) is 0 Å². The molecule has 6 heteroatoms. The van der Waals surface area contributed by atoms with E-state index in [0.717, 1.165) is 0 Å². The van der Waals surface area contributed by atoms with E-state index in [4.69, 9.17) is 5.11 Å². The molecule has 0 radical (unpaired) electrons. The molecule has 0 aromatic carbocycles. The first-order chi connectivity index (χ1) is 9.01. The van der Waals surface area contributed by atoms with Gasteiger partial charge in [-0.25, -0.2) is 8.78 Å². The molecule has 0 aromatic rings. The van der Waals surface area contributed by atoms with Crippen LogP contribution in [0.5, 0.6) is 0 Å². The van der Waals surface area contributed by atoms with Crippen molar-refractivity contribution in [2.75, 3.05) is 0 Å². The van der Waals surface area contributed by atoms with Gasteiger partial charge in [0.1, 0.15) is 0 Å². The average Bonchev–Trinajstić information content (AvgIpc) is 2.25. The third-order valence-electron chi connectivity index (χ3n) is 3.83. The first-order valence-electron chi connectivity index (χ1n) is 6.91. The minimum Gasteiger partial charge on any atom is -0.481 e. The van der Waals surface area contributed by atoms with E-state index >= 15 is 0 Å². The van der Waals surface area contributed by atoms with Crippen LogP contribution < -0.4 is 5.32 Å². The second kappa shape index (κ2) is 6.06. The molecule has 1 fully saturated rings. The third-order valence-corrected chi connectivity index (χ3v) is 3.83. The third kappa shape index (κ3) is 5.06. The molecule has 0 saturated heterocycles. The predicted molar refractivity (Wildman–Crippen MR) is 70.5 cm³/mol. The number of carbonyl (C=O) groups is 2. The van der Waals surface area contributed by atoms with Gasteiger partial charge in [-0.05, 0) is 18.3 Å². The lowest BCUT2D eigenvalue weighted by Crippen LogP contribution is -2.48. The minimum absolute atomic E-state index is 0.156. The van der Waals surface area contributed by atoms with Crippen molar-refractivity contribution in [1.82, 2.24) is 5.32 Å². The summed E-state index contributed by atoms with van der Waals surface area (Å²) in [5.41, 5.74) is -0.396. The van der Waals surface area contributed by atoms with E-state index in [1.807, 2.05) is 20.8 Å². The number of nitrogens with one attached hydrogen (secondary N) is 1. The number of hydrogen-bond acceptors (Lipinski definition) is 2. The fourth-order valence-corrected chi connectivity index (χ4v) is 2.34. The van der Waals surface area contributed by atoms with Gasteiger partial charge in [-0.3, -0.25) is 9.59 Å². The zero-order chi connectivity index (χ0) is 15.6. The molecule has 0 aliphatic heterocycles. The van der Waals surface area contributed by atoms with Crippen LogP contribution >= 0.6 is 0 Å². The van der Waals surface area contributed by atoms with Crippen molar-refractivity contribution in [2.45, 2.75) is 64.8 Å². The summed E-state index contributed by atoms with van der Waals surface area (Å²) < 4.78 is 26.1. The smallest absolute Gasteiger partial charge is 0.305 e. The molecule has 1 aliphatic carbocycles. The Kier molecular flexibility index (Phi) is 5.10. The largest absolute Gasteiger partial charge is 0.481 e. The Balaban J connectivity index is 2.61. The zero-order valence-corrected chi connectivity index (χ0v) is 12.2. The molecule has 20 heavy (non-hydrogen) atoms. The SMILES string of the molecule is CC(C)(C)C(CC(=O)O)NC(=O)C1CCC(F)(F)CC1. The number of carboxylic acid groups (broad SMARTS) is 1. The number of rotatable bonds is 4. The Morgan fingerprint density at radius 1 is 1.30 bits per heavy atom. The quantitative estimate of drug-likeness (QED) is 0.837. The van der Waals surface area contributed by atoms with E-state index < -0.39 is 29.3 Å². The number of halogens is 2. The Bertz CT molecular complexity index is 367. The molecule has 4 nitrogen and oxygen atoms in total. The molecule has 1 saturated carbocycles. The van der Waals surface area contributed by atoms with E-state index in [-0.39, 0.29) is 38.0 Å². The van der Waals surface area contributed by atoms with E-state index in [2.05, 4.69) is 5.32 Å². The van der Waals surface area contributed by atoms with Gasteiger partial charge in [0.05, 0.1) is 6.42 Å². The van der Waals surface area contributed by atoms with Crippen LogP contribution in [-0.2, 0) is 9.59 Å². The van der Waals surface area contributed by atoms with Crippen molar-refractivity contribution in [3.8, 4) is 0 Å². The summed E-state index contributed by atoms with van der Waals surface area (Å²) >= 11 is 0. The summed E-state index contributed by atoms with van der Waals surface area (Å²) in [6.45, 7) is 5.53. The maximum atomic E-state index is 13.1. The molecule has 0 bridgehead atoms. The van der Waals surface area contributed by atoms with Gasteiger partial charge in [0.15, 0.2) is 0 Å². The second-order valence-corrected chi connectivity index (χ2v) is 6.66. The number of aliphatic carboxylic acids is 1. The Morgan fingerprint density at radius 2 is 1.80 bits per heavy atom. The summed E-state index contributed by atoms with van der Waals surface area (Å²) in [6.07, 6.45) is -0.405. The fraction of sp³-hybridized carbons (Fsp3) is 0.857. The minimum atomic E-state index is -2.67. The number of carbonyl (C=O) groups excluding carboxylic acids is 1. The molecule has 0 heterocycles. The van der Waals surface area contributed by atoms with E-state index in [1.165, 1.54) is 0 Å². The second-order valence-electron chi connectivity index (χ2n) is 6.66. The van der Waals surface area contributed by atoms with E-state index in [1.54, 1.807) is 0 Å². The van der Waals surface area contributed by atoms with Crippen LogP contribution in [0.15, 0.2) is 0 Å². The Hall–Kier alpha value is -1.20. The molecule has 1 rings (SSSR count). The lowest BCUT2D eigenvalue weighted by molar-refractivity contribution is -0.139. The zero-order valence-electron chi connectivity index (χ0n) is 12.2. The standard InChI is InChI=1S/C14H23F2NO3/c1-13(2,3)10(8-11(18)19)17-12(20)9-4-6-14(15,16)7-5-9/h9-10H,4-8H2,1-3H3,(H,17,20)(H,18,19). The molecular weight excluding hydrogens is 268 g/mol. The van der Waals surface area contributed by atoms with Crippen LogP contribution in [0.3, 0.4) is 0 Å². The fourth-order valence-electron chi connectivity index (χ4n) is 2.34. The van der Waals surface area contributed by atoms with Crippen LogP contribution in [-0.4, -0.2) is 28.9 Å². The van der Waals surface area contributed by atoms with E-state index in [0.29, 0.717) is 0 Å². The van der Waals surface area contributed by atoms with Gasteiger partial charge in [-0.1, -0.05) is 20.8 Å². The Morgan fingerprint density at radius 3 is 2.20 bits per heavy atom. The van der Waals surface area contributed by atoms with E-state index in [9.17, 15) is 18.4 Å². The van der Waals surface area contributed by atoms with Crippen molar-refractivity contribution < 1.29 is 23.5 Å². The summed E-state index contributed by atoms with van der Waals surface area (Å²) in [7, 11) is 0. The van der Waals surface area contributed by atoms with Crippen molar-refractivity contribution >= 4 is 11.9 Å². The van der Waals surface area contributed by atoms with Crippen LogP contribution in [0.2, 0.25) is 0 Å². The predicted octanol–water partition coefficient (Wildman–Crippen LogP) is 2.82. The lowest BCUT2D eigenvalue weighted by Gasteiger charge is -2.33. The summed E-state index contributed by atoms with van der Waals surface area (Å²) in [5.74, 6) is -4.39. The van der Waals surface area contributed by atoms with Crippen LogP contribution in [0.4, 0.5) is 8.78 Å². The summed E-state index contributed by atoms with van der Waals surface area (Å²) in [4.78, 5) is 22.9. The van der Waals surface area contributed by atoms with Crippen molar-refractivity contribution in [1.29, 1.82) is 0 Å². The first kappa shape index (κ1) is 16.9. The average molecular weight is 291 g/mol. The van der Waals surface area contributed by atoms with Crippen LogP contribution in [0.1, 0.15) is 52.9 Å². The summed E-state index contributed by atoms with van der Waals surface area (Å²) in [5, 5.41) is 11.6. The molecule has 116 valence electrons. The number of carboxylic acids is 1. The van der Waals surface area contributed by atoms with Gasteiger partial charge in [-0.2, -0.15) is 0 Å². The molecule has 1 atom stereocenters. The molecule has 0 aromatic heterocycles. The normalized spacial score (nSPS) is 21.2. The highest BCUT2D eigenvalue weighted by Crippen LogP contribution is 2.36. The topological polar surface area (TPSA) is 66.4 Å². The monoisotopic (exact) mass is 291 g/mol.